The molecule has 1 aromatic heterocycles. The summed E-state index contributed by atoms with van der Waals surface area (Å²) in [6, 6.07) is 26.0. The van der Waals surface area contributed by atoms with E-state index in [4.69, 9.17) is 14.7 Å². The summed E-state index contributed by atoms with van der Waals surface area (Å²) in [5.41, 5.74) is 8.40. The van der Waals surface area contributed by atoms with E-state index in [1.165, 1.54) is 27.8 Å². The average molecular weight is 599 g/mol. The van der Waals surface area contributed by atoms with E-state index in [0.717, 1.165) is 74.6 Å². The highest BCUT2D eigenvalue weighted by atomic mass is 79.9. The summed E-state index contributed by atoms with van der Waals surface area (Å²) in [6.07, 6.45) is 3.95. The van der Waals surface area contributed by atoms with Crippen molar-refractivity contribution in [3.63, 3.8) is 0 Å². The Bertz CT molecular complexity index is 1420. The largest absolute Gasteiger partial charge is 0.383 e. The number of rotatable bonds is 9. The first-order valence-electron chi connectivity index (χ1n) is 14.2. The quantitative estimate of drug-likeness (QED) is 0.250. The lowest BCUT2D eigenvalue weighted by atomic mass is 9.78. The van der Waals surface area contributed by atoms with Gasteiger partial charge in [0.25, 0.3) is 0 Å². The maximum Gasteiger partial charge on any atom is 0.227 e. The van der Waals surface area contributed by atoms with Crippen LogP contribution in [0.4, 0.5) is 11.6 Å². The van der Waals surface area contributed by atoms with Crippen molar-refractivity contribution in [3.8, 4) is 11.3 Å². The van der Waals surface area contributed by atoms with Gasteiger partial charge in [-0.25, -0.2) is 9.97 Å². The van der Waals surface area contributed by atoms with Gasteiger partial charge >= 0.3 is 0 Å². The molecule has 0 radical (unpaired) electrons. The minimum Gasteiger partial charge on any atom is -0.383 e. The van der Waals surface area contributed by atoms with Crippen LogP contribution in [0.3, 0.4) is 0 Å². The molecule has 7 heteroatoms. The first kappa shape index (κ1) is 27.1. The van der Waals surface area contributed by atoms with Crippen molar-refractivity contribution in [2.45, 2.75) is 18.8 Å². The van der Waals surface area contributed by atoms with Crippen LogP contribution in [0.1, 0.15) is 28.2 Å². The Morgan fingerprint density at radius 2 is 1.62 bits per heavy atom. The normalized spacial score (nSPS) is 17.3. The van der Waals surface area contributed by atoms with Crippen LogP contribution < -0.4 is 5.32 Å². The van der Waals surface area contributed by atoms with Gasteiger partial charge in [0, 0.05) is 74.2 Å². The predicted molar refractivity (Wildman–Crippen MR) is 165 cm³/mol. The Morgan fingerprint density at radius 1 is 0.900 bits per heavy atom. The SMILES string of the molecule is COCCN1CCN(CCc2ccc(Nc3ncc4c(n3)-c3ccccc3C(c3ccc(Br)cc3)C4)cc2)CC1. The van der Waals surface area contributed by atoms with Crippen LogP contribution in [0.25, 0.3) is 11.3 Å². The molecule has 0 bridgehead atoms. The molecule has 0 spiro atoms. The number of methoxy groups -OCH3 is 1. The Hall–Kier alpha value is -3.10. The number of anilines is 2. The van der Waals surface area contributed by atoms with Gasteiger partial charge in [-0.15, -0.1) is 0 Å². The first-order chi connectivity index (χ1) is 19.7. The summed E-state index contributed by atoms with van der Waals surface area (Å²) in [4.78, 5) is 14.7. The van der Waals surface area contributed by atoms with Crippen molar-refractivity contribution in [2.24, 2.45) is 0 Å². The molecule has 40 heavy (non-hydrogen) atoms. The van der Waals surface area contributed by atoms with Crippen LogP contribution >= 0.6 is 15.9 Å². The number of fused-ring (bicyclic) bond motifs is 3. The third-order valence-corrected chi connectivity index (χ3v) is 8.68. The first-order valence-corrected chi connectivity index (χ1v) is 15.0. The molecule has 1 saturated heterocycles. The Morgan fingerprint density at radius 3 is 2.38 bits per heavy atom. The molecule has 1 aliphatic carbocycles. The summed E-state index contributed by atoms with van der Waals surface area (Å²) in [5, 5.41) is 3.43. The van der Waals surface area contributed by atoms with E-state index in [-0.39, 0.29) is 0 Å². The number of benzene rings is 3. The molecule has 1 N–H and O–H groups in total. The smallest absolute Gasteiger partial charge is 0.227 e. The van der Waals surface area contributed by atoms with Crippen LogP contribution in [0.5, 0.6) is 0 Å². The number of nitrogens with zero attached hydrogens (tertiary/aromatic N) is 4. The third kappa shape index (κ3) is 6.28. The minimum atomic E-state index is 0.297. The standard InChI is InChI=1S/C33H36BrN5O/c1-40-21-20-39-18-16-38(17-19-39)15-14-24-6-12-28(13-7-24)36-33-35-23-26-22-31(25-8-10-27(34)11-9-25)29-4-2-3-5-30(29)32(26)37-33/h2-13,23,31H,14-22H2,1H3,(H,35,36,37). The number of aromatic nitrogens is 2. The molecule has 1 unspecified atom stereocenters. The Balaban J connectivity index is 1.09. The zero-order valence-corrected chi connectivity index (χ0v) is 24.6. The maximum absolute atomic E-state index is 5.21. The fraction of sp³-hybridized carbons (Fsp3) is 0.333. The van der Waals surface area contributed by atoms with Crippen LogP contribution in [-0.4, -0.2) is 72.8 Å². The molecule has 3 aromatic carbocycles. The fourth-order valence-corrected chi connectivity index (χ4v) is 6.08. The van der Waals surface area contributed by atoms with Gasteiger partial charge in [-0.1, -0.05) is 64.5 Å². The topological polar surface area (TPSA) is 53.5 Å². The lowest BCUT2D eigenvalue weighted by Crippen LogP contribution is -2.47. The van der Waals surface area contributed by atoms with Crippen LogP contribution in [0.2, 0.25) is 0 Å². The molecular formula is C33H36BrN5O. The van der Waals surface area contributed by atoms with Crippen molar-refractivity contribution in [3.05, 3.63) is 106 Å². The van der Waals surface area contributed by atoms with Gasteiger partial charge in [0.1, 0.15) is 0 Å². The molecule has 206 valence electrons. The maximum atomic E-state index is 5.21. The number of ether oxygens (including phenoxy) is 1. The van der Waals surface area contributed by atoms with E-state index < -0.39 is 0 Å². The molecule has 0 saturated carbocycles. The number of piperazine rings is 1. The third-order valence-electron chi connectivity index (χ3n) is 8.16. The molecule has 0 amide bonds. The summed E-state index contributed by atoms with van der Waals surface area (Å²) in [7, 11) is 1.77. The zero-order valence-electron chi connectivity index (χ0n) is 23.0. The lowest BCUT2D eigenvalue weighted by molar-refractivity contribution is 0.0976. The van der Waals surface area contributed by atoms with Crippen molar-refractivity contribution in [1.82, 2.24) is 19.8 Å². The van der Waals surface area contributed by atoms with E-state index in [2.05, 4.69) is 104 Å². The monoisotopic (exact) mass is 597 g/mol. The van der Waals surface area contributed by atoms with Gasteiger partial charge in [-0.3, -0.25) is 4.90 Å². The van der Waals surface area contributed by atoms with E-state index in [9.17, 15) is 0 Å². The van der Waals surface area contributed by atoms with Gasteiger partial charge in [0.2, 0.25) is 5.95 Å². The van der Waals surface area contributed by atoms with Crippen molar-refractivity contribution in [2.75, 3.05) is 58.3 Å². The minimum absolute atomic E-state index is 0.297. The highest BCUT2D eigenvalue weighted by Crippen LogP contribution is 2.42. The average Bonchev–Trinajstić information content (AvgIpc) is 3.00. The Labute approximate surface area is 245 Å². The molecule has 6 nitrogen and oxygen atoms in total. The fourth-order valence-electron chi connectivity index (χ4n) is 5.82. The summed E-state index contributed by atoms with van der Waals surface area (Å²) in [5.74, 6) is 0.932. The number of nitrogens with one attached hydrogen (secondary N) is 1. The van der Waals surface area contributed by atoms with Gasteiger partial charge in [-0.05, 0) is 59.4 Å². The van der Waals surface area contributed by atoms with Gasteiger partial charge in [0.15, 0.2) is 0 Å². The second-order valence-corrected chi connectivity index (χ2v) is 11.6. The Kier molecular flexibility index (Phi) is 8.54. The molecule has 4 aromatic rings. The van der Waals surface area contributed by atoms with Crippen molar-refractivity contribution >= 4 is 27.6 Å². The predicted octanol–water partition coefficient (Wildman–Crippen LogP) is 6.14. The molecule has 1 atom stereocenters. The summed E-state index contributed by atoms with van der Waals surface area (Å²) < 4.78 is 6.31. The van der Waals surface area contributed by atoms with Crippen LogP contribution in [-0.2, 0) is 17.6 Å². The summed E-state index contributed by atoms with van der Waals surface area (Å²) >= 11 is 3.56. The van der Waals surface area contributed by atoms with Crippen molar-refractivity contribution < 1.29 is 4.74 Å². The zero-order chi connectivity index (χ0) is 27.3. The second-order valence-electron chi connectivity index (χ2n) is 10.7. The summed E-state index contributed by atoms with van der Waals surface area (Å²) in [6.45, 7) is 7.46. The molecule has 1 fully saturated rings. The van der Waals surface area contributed by atoms with E-state index in [0.29, 0.717) is 11.9 Å². The van der Waals surface area contributed by atoms with Gasteiger partial charge in [0.05, 0.1) is 12.3 Å². The molecule has 1 aliphatic heterocycles. The highest BCUT2D eigenvalue weighted by molar-refractivity contribution is 9.10. The highest BCUT2D eigenvalue weighted by Gasteiger charge is 2.27. The van der Waals surface area contributed by atoms with Gasteiger partial charge in [-0.2, -0.15) is 0 Å². The molecule has 6 rings (SSSR count). The van der Waals surface area contributed by atoms with E-state index >= 15 is 0 Å². The number of halogens is 1. The number of hydrogen-bond acceptors (Lipinski definition) is 6. The van der Waals surface area contributed by atoms with Crippen molar-refractivity contribution in [1.29, 1.82) is 0 Å². The van der Waals surface area contributed by atoms with Crippen LogP contribution in [0, 0.1) is 0 Å². The van der Waals surface area contributed by atoms with Gasteiger partial charge < -0.3 is 15.0 Å². The van der Waals surface area contributed by atoms with Crippen LogP contribution in [0.15, 0.2) is 83.5 Å². The molecule has 2 aliphatic rings. The lowest BCUT2D eigenvalue weighted by Gasteiger charge is -2.34. The van der Waals surface area contributed by atoms with E-state index in [1.54, 1.807) is 7.11 Å². The molecular weight excluding hydrogens is 562 g/mol. The molecule has 2 heterocycles. The van der Waals surface area contributed by atoms with E-state index in [1.807, 2.05) is 6.20 Å². The second kappa shape index (κ2) is 12.6. The number of hydrogen-bond donors (Lipinski definition) is 1.